The number of aryl methyl sites for hydroxylation is 2. The number of carbonyl (C=O) groups is 1. The fourth-order valence-corrected chi connectivity index (χ4v) is 3.80. The molecule has 0 saturated heterocycles. The van der Waals surface area contributed by atoms with E-state index >= 15 is 0 Å². The average molecular weight is 370 g/mol. The molecule has 0 radical (unpaired) electrons. The van der Waals surface area contributed by atoms with Crippen LogP contribution in [0.4, 0.5) is 0 Å². The van der Waals surface area contributed by atoms with Crippen molar-refractivity contribution in [1.82, 2.24) is 19.7 Å². The number of rotatable bonds is 7. The number of aliphatic carboxylic acids is 1. The summed E-state index contributed by atoms with van der Waals surface area (Å²) in [5.41, 5.74) is 5.43. The van der Waals surface area contributed by atoms with E-state index in [1.165, 1.54) is 4.88 Å². The molecule has 1 N–H and O–H groups in total. The van der Waals surface area contributed by atoms with Gasteiger partial charge in [-0.05, 0) is 45.0 Å². The molecule has 0 amide bonds. The molecule has 0 fully saturated rings. The molecule has 3 rings (SSSR count). The molecule has 1 aromatic carbocycles. The maximum Gasteiger partial charge on any atom is 0.325 e. The van der Waals surface area contributed by atoms with Gasteiger partial charge in [-0.2, -0.15) is 5.10 Å². The zero-order valence-corrected chi connectivity index (χ0v) is 15.9. The lowest BCUT2D eigenvalue weighted by Crippen LogP contribution is -2.33. The molecule has 2 aromatic heterocycles. The van der Waals surface area contributed by atoms with E-state index in [1.807, 2.05) is 61.8 Å². The van der Waals surface area contributed by atoms with Crippen molar-refractivity contribution in [2.75, 3.05) is 13.6 Å². The number of likely N-dealkylation sites (N-methyl/N-ethyl adjacent to an activating group) is 1. The van der Waals surface area contributed by atoms with Crippen molar-refractivity contribution in [2.45, 2.75) is 26.3 Å². The van der Waals surface area contributed by atoms with Crippen molar-refractivity contribution in [2.24, 2.45) is 0 Å². The van der Waals surface area contributed by atoms with Crippen LogP contribution in [0.3, 0.4) is 0 Å². The van der Waals surface area contributed by atoms with Crippen molar-refractivity contribution < 1.29 is 9.90 Å². The summed E-state index contributed by atoms with van der Waals surface area (Å²) in [6, 6.07) is 6.89. The molecule has 0 bridgehead atoms. The topological polar surface area (TPSA) is 71.2 Å². The third-order valence-corrected chi connectivity index (χ3v) is 5.44. The Kier molecular flexibility index (Phi) is 5.49. The van der Waals surface area contributed by atoms with Crippen LogP contribution in [0.5, 0.6) is 0 Å². The second-order valence-corrected chi connectivity index (χ2v) is 7.28. The van der Waals surface area contributed by atoms with Crippen LogP contribution >= 0.6 is 11.3 Å². The van der Waals surface area contributed by atoms with E-state index in [9.17, 15) is 9.90 Å². The van der Waals surface area contributed by atoms with Crippen LogP contribution in [0.2, 0.25) is 0 Å². The van der Waals surface area contributed by atoms with E-state index in [0.29, 0.717) is 6.54 Å². The molecule has 0 aliphatic rings. The Hall–Kier alpha value is -2.51. The van der Waals surface area contributed by atoms with Gasteiger partial charge in [-0.25, -0.2) is 9.67 Å². The van der Waals surface area contributed by atoms with Crippen molar-refractivity contribution >= 4 is 17.3 Å². The van der Waals surface area contributed by atoms with Crippen LogP contribution in [0.1, 0.15) is 27.7 Å². The minimum absolute atomic E-state index is 0.631. The van der Waals surface area contributed by atoms with Gasteiger partial charge in [0.2, 0.25) is 0 Å². The standard InChI is InChI=1S/C19H22N4O2S/c1-13-5-6-15(16(11-13)23-9-4-8-21-23)18(19(24)25)22(3)10-7-17-14(2)20-12-26-17/h4-6,8-9,11-12,18H,7,10H2,1-3H3,(H,24,25)/t18-/m1/s1. The highest BCUT2D eigenvalue weighted by Gasteiger charge is 2.28. The van der Waals surface area contributed by atoms with Gasteiger partial charge < -0.3 is 5.11 Å². The third-order valence-electron chi connectivity index (χ3n) is 4.44. The van der Waals surface area contributed by atoms with Crippen molar-refractivity contribution in [1.29, 1.82) is 0 Å². The van der Waals surface area contributed by atoms with Gasteiger partial charge in [0.05, 0.1) is 16.9 Å². The zero-order valence-electron chi connectivity index (χ0n) is 15.1. The monoisotopic (exact) mass is 370 g/mol. The number of hydrogen-bond acceptors (Lipinski definition) is 5. The van der Waals surface area contributed by atoms with E-state index < -0.39 is 12.0 Å². The van der Waals surface area contributed by atoms with E-state index in [1.54, 1.807) is 22.2 Å². The summed E-state index contributed by atoms with van der Waals surface area (Å²) >= 11 is 1.61. The molecule has 6 nitrogen and oxygen atoms in total. The van der Waals surface area contributed by atoms with Crippen LogP contribution in [0, 0.1) is 13.8 Å². The lowest BCUT2D eigenvalue weighted by Gasteiger charge is -2.26. The van der Waals surface area contributed by atoms with Crippen LogP contribution in [-0.4, -0.2) is 44.3 Å². The molecular formula is C19H22N4O2S. The number of thiazole rings is 1. The Morgan fingerprint density at radius 1 is 1.38 bits per heavy atom. The Morgan fingerprint density at radius 3 is 2.81 bits per heavy atom. The fraction of sp³-hybridized carbons (Fsp3) is 0.316. The highest BCUT2D eigenvalue weighted by Crippen LogP contribution is 2.27. The van der Waals surface area contributed by atoms with Crippen molar-refractivity contribution in [3.05, 3.63) is 63.9 Å². The SMILES string of the molecule is Cc1ccc([C@H](C(=O)O)N(C)CCc2scnc2C)c(-n2cccn2)c1. The minimum atomic E-state index is -0.870. The zero-order chi connectivity index (χ0) is 18.7. The largest absolute Gasteiger partial charge is 0.480 e. The molecule has 7 heteroatoms. The van der Waals surface area contributed by atoms with Crippen molar-refractivity contribution in [3.8, 4) is 5.69 Å². The van der Waals surface area contributed by atoms with E-state index in [0.717, 1.165) is 28.9 Å². The van der Waals surface area contributed by atoms with Gasteiger partial charge in [0.25, 0.3) is 0 Å². The van der Waals surface area contributed by atoms with E-state index in [4.69, 9.17) is 0 Å². The second kappa shape index (κ2) is 7.80. The molecule has 0 spiro atoms. The molecule has 3 aromatic rings. The van der Waals surface area contributed by atoms with Crippen LogP contribution in [-0.2, 0) is 11.2 Å². The highest BCUT2D eigenvalue weighted by molar-refractivity contribution is 7.09. The highest BCUT2D eigenvalue weighted by atomic mass is 32.1. The first kappa shape index (κ1) is 18.3. The number of benzene rings is 1. The normalized spacial score (nSPS) is 12.5. The van der Waals surface area contributed by atoms with Gasteiger partial charge in [0, 0.05) is 29.4 Å². The average Bonchev–Trinajstić information content (AvgIpc) is 3.26. The molecule has 2 heterocycles. The van der Waals surface area contributed by atoms with Crippen LogP contribution in [0.15, 0.2) is 42.2 Å². The second-order valence-electron chi connectivity index (χ2n) is 6.35. The maximum absolute atomic E-state index is 12.1. The number of hydrogen-bond donors (Lipinski definition) is 1. The Balaban J connectivity index is 1.90. The smallest absolute Gasteiger partial charge is 0.325 e. The summed E-state index contributed by atoms with van der Waals surface area (Å²) in [5, 5.41) is 14.2. The predicted molar refractivity (Wildman–Crippen MR) is 102 cm³/mol. The summed E-state index contributed by atoms with van der Waals surface area (Å²) in [6.07, 6.45) is 4.30. The molecule has 0 aliphatic carbocycles. The van der Waals surface area contributed by atoms with E-state index in [-0.39, 0.29) is 0 Å². The Morgan fingerprint density at radius 2 is 2.19 bits per heavy atom. The minimum Gasteiger partial charge on any atom is -0.480 e. The van der Waals surface area contributed by atoms with Gasteiger partial charge in [0.1, 0.15) is 6.04 Å². The summed E-state index contributed by atoms with van der Waals surface area (Å²) in [4.78, 5) is 19.4. The number of aromatic nitrogens is 3. The quantitative estimate of drug-likeness (QED) is 0.691. The summed E-state index contributed by atoms with van der Waals surface area (Å²) in [6.45, 7) is 4.60. The Labute approximate surface area is 156 Å². The third kappa shape index (κ3) is 3.84. The van der Waals surface area contributed by atoms with Crippen LogP contribution in [0.25, 0.3) is 5.69 Å². The molecule has 0 aliphatic heterocycles. The molecule has 1 atom stereocenters. The summed E-state index contributed by atoms with van der Waals surface area (Å²) < 4.78 is 1.72. The van der Waals surface area contributed by atoms with Gasteiger partial charge in [-0.15, -0.1) is 11.3 Å². The lowest BCUT2D eigenvalue weighted by molar-refractivity contribution is -0.143. The first-order valence-electron chi connectivity index (χ1n) is 8.40. The summed E-state index contributed by atoms with van der Waals surface area (Å²) in [7, 11) is 1.85. The van der Waals surface area contributed by atoms with Gasteiger partial charge in [-0.1, -0.05) is 12.1 Å². The first-order chi connectivity index (χ1) is 12.5. The lowest BCUT2D eigenvalue weighted by atomic mass is 10.0. The van der Waals surface area contributed by atoms with Gasteiger partial charge in [-0.3, -0.25) is 9.69 Å². The molecule has 26 heavy (non-hydrogen) atoms. The number of nitrogens with zero attached hydrogens (tertiary/aromatic N) is 4. The van der Waals surface area contributed by atoms with Gasteiger partial charge in [0.15, 0.2) is 0 Å². The molecule has 136 valence electrons. The fourth-order valence-electron chi connectivity index (χ4n) is 3.03. The molecule has 0 unspecified atom stereocenters. The maximum atomic E-state index is 12.1. The molecular weight excluding hydrogens is 348 g/mol. The van der Waals surface area contributed by atoms with Crippen LogP contribution < -0.4 is 0 Å². The van der Waals surface area contributed by atoms with E-state index in [2.05, 4.69) is 10.1 Å². The number of carboxylic acids is 1. The summed E-state index contributed by atoms with van der Waals surface area (Å²) in [5.74, 6) is -0.870. The number of carboxylic acid groups (broad SMARTS) is 1. The molecule has 0 saturated carbocycles. The van der Waals surface area contributed by atoms with Gasteiger partial charge >= 0.3 is 5.97 Å². The predicted octanol–water partition coefficient (Wildman–Crippen LogP) is 3.25. The Bertz CT molecular complexity index is 889. The first-order valence-corrected chi connectivity index (χ1v) is 9.28. The van der Waals surface area contributed by atoms with Crippen molar-refractivity contribution in [3.63, 3.8) is 0 Å².